The Morgan fingerprint density at radius 3 is 2.61 bits per heavy atom. The number of amides is 1. The zero-order valence-electron chi connectivity index (χ0n) is 12.3. The number of benzene rings is 2. The Bertz CT molecular complexity index is 976. The normalized spacial score (nSPS) is 11.5. The minimum Gasteiger partial charge on any atom is -0.356 e. The fraction of sp³-hybridized carbons (Fsp3) is 0.125. The van der Waals surface area contributed by atoms with E-state index in [1.165, 1.54) is 6.07 Å². The van der Waals surface area contributed by atoms with Crippen molar-refractivity contribution in [2.24, 2.45) is 0 Å². The molecule has 118 valence electrons. The quantitative estimate of drug-likeness (QED) is 0.793. The summed E-state index contributed by atoms with van der Waals surface area (Å²) >= 11 is 0. The zero-order chi connectivity index (χ0) is 16.4. The van der Waals surface area contributed by atoms with Gasteiger partial charge in [0.05, 0.1) is 17.0 Å². The van der Waals surface area contributed by atoms with Crippen molar-refractivity contribution >= 4 is 32.4 Å². The van der Waals surface area contributed by atoms with Crippen molar-refractivity contribution in [1.29, 1.82) is 0 Å². The summed E-state index contributed by atoms with van der Waals surface area (Å²) in [4.78, 5) is 12.3. The number of sulfone groups is 1. The van der Waals surface area contributed by atoms with Gasteiger partial charge in [0.25, 0.3) is 0 Å². The second-order valence-corrected chi connectivity index (χ2v) is 7.10. The Hall–Kier alpha value is -2.67. The lowest BCUT2D eigenvalue weighted by Crippen LogP contribution is -2.16. The van der Waals surface area contributed by atoms with Crippen molar-refractivity contribution in [3.8, 4) is 0 Å². The number of nitrogens with one attached hydrogen (secondary N) is 1. The molecule has 7 heteroatoms. The summed E-state index contributed by atoms with van der Waals surface area (Å²) in [6.45, 7) is 0. The molecule has 0 saturated heterocycles. The molecule has 0 atom stereocenters. The topological polar surface area (TPSA) is 89.3 Å². The number of rotatable bonds is 4. The van der Waals surface area contributed by atoms with E-state index in [0.717, 1.165) is 11.6 Å². The second kappa shape index (κ2) is 5.85. The molecule has 0 radical (unpaired) electrons. The van der Waals surface area contributed by atoms with Crippen molar-refractivity contribution < 1.29 is 17.7 Å². The van der Waals surface area contributed by atoms with Gasteiger partial charge in [0, 0.05) is 11.6 Å². The first-order valence-corrected chi connectivity index (χ1v) is 8.76. The fourth-order valence-corrected chi connectivity index (χ4v) is 3.15. The fourth-order valence-electron chi connectivity index (χ4n) is 2.31. The van der Waals surface area contributed by atoms with Gasteiger partial charge in [0.1, 0.15) is 5.69 Å². The van der Waals surface area contributed by atoms with E-state index >= 15 is 0 Å². The molecule has 1 aromatic heterocycles. The molecule has 0 saturated carbocycles. The van der Waals surface area contributed by atoms with Crippen LogP contribution in [0.25, 0.3) is 11.0 Å². The Labute approximate surface area is 133 Å². The van der Waals surface area contributed by atoms with Gasteiger partial charge in [-0.05, 0) is 24.3 Å². The van der Waals surface area contributed by atoms with Gasteiger partial charge in [0.15, 0.2) is 15.4 Å². The van der Waals surface area contributed by atoms with Gasteiger partial charge in [0.2, 0.25) is 5.91 Å². The van der Waals surface area contributed by atoms with Crippen LogP contribution in [0.3, 0.4) is 0 Å². The van der Waals surface area contributed by atoms with Gasteiger partial charge in [-0.15, -0.1) is 0 Å². The molecular weight excluding hydrogens is 316 g/mol. The number of aromatic nitrogens is 1. The first-order valence-electron chi connectivity index (χ1n) is 6.87. The minimum absolute atomic E-state index is 0.00485. The highest BCUT2D eigenvalue weighted by Crippen LogP contribution is 2.22. The molecule has 0 aliphatic rings. The van der Waals surface area contributed by atoms with Gasteiger partial charge in [-0.1, -0.05) is 29.4 Å². The third-order valence-electron chi connectivity index (χ3n) is 3.34. The molecule has 0 spiro atoms. The smallest absolute Gasteiger partial charge is 0.230 e. The molecule has 1 amide bonds. The Morgan fingerprint density at radius 2 is 1.83 bits per heavy atom. The van der Waals surface area contributed by atoms with Crippen LogP contribution in [0, 0.1) is 0 Å². The van der Waals surface area contributed by atoms with Crippen LogP contribution < -0.4 is 5.32 Å². The summed E-state index contributed by atoms with van der Waals surface area (Å²) in [6.07, 6.45) is 1.10. The average Bonchev–Trinajstić information content (AvgIpc) is 2.90. The van der Waals surface area contributed by atoms with Crippen LogP contribution in [0.4, 0.5) is 5.69 Å². The van der Waals surface area contributed by atoms with E-state index < -0.39 is 9.84 Å². The summed E-state index contributed by atoms with van der Waals surface area (Å²) in [5.41, 5.74) is 1.37. The highest BCUT2D eigenvalue weighted by atomic mass is 32.2. The third kappa shape index (κ3) is 3.24. The summed E-state index contributed by atoms with van der Waals surface area (Å²) < 4.78 is 28.6. The minimum atomic E-state index is -3.42. The molecule has 2 aromatic carbocycles. The first-order chi connectivity index (χ1) is 10.9. The molecule has 1 N–H and O–H groups in total. The van der Waals surface area contributed by atoms with Crippen LogP contribution in [0.15, 0.2) is 57.9 Å². The molecule has 3 aromatic rings. The zero-order valence-corrected chi connectivity index (χ0v) is 13.1. The van der Waals surface area contributed by atoms with Crippen molar-refractivity contribution in [3.05, 3.63) is 54.2 Å². The van der Waals surface area contributed by atoms with Crippen molar-refractivity contribution in [2.45, 2.75) is 11.3 Å². The monoisotopic (exact) mass is 330 g/mol. The number of fused-ring (bicyclic) bond motifs is 1. The van der Waals surface area contributed by atoms with Gasteiger partial charge in [-0.3, -0.25) is 4.79 Å². The Kier molecular flexibility index (Phi) is 3.87. The summed E-state index contributed by atoms with van der Waals surface area (Å²) in [5, 5.41) is 7.28. The summed E-state index contributed by atoms with van der Waals surface area (Å²) in [7, 11) is -3.42. The van der Waals surface area contributed by atoms with Crippen molar-refractivity contribution in [3.63, 3.8) is 0 Å². The highest BCUT2D eigenvalue weighted by Gasteiger charge is 2.16. The van der Waals surface area contributed by atoms with E-state index in [0.29, 0.717) is 11.3 Å². The number of nitrogens with zero attached hydrogens (tertiary/aromatic N) is 1. The summed E-state index contributed by atoms with van der Waals surface area (Å²) in [6, 6.07) is 13.5. The number of carbonyl (C=O) groups excluding carboxylic acids is 1. The van der Waals surface area contributed by atoms with E-state index in [9.17, 15) is 13.2 Å². The molecule has 6 nitrogen and oxygen atoms in total. The Balaban J connectivity index is 1.84. The van der Waals surface area contributed by atoms with Crippen molar-refractivity contribution in [1.82, 2.24) is 5.16 Å². The number of hydrogen-bond acceptors (Lipinski definition) is 5. The third-order valence-corrected chi connectivity index (χ3v) is 4.50. The van der Waals surface area contributed by atoms with E-state index in [2.05, 4.69) is 10.5 Å². The maximum Gasteiger partial charge on any atom is 0.230 e. The van der Waals surface area contributed by atoms with E-state index in [4.69, 9.17) is 4.52 Å². The molecule has 0 aliphatic carbocycles. The predicted octanol–water partition coefficient (Wildman–Crippen LogP) is 2.41. The molecule has 3 rings (SSSR count). The van der Waals surface area contributed by atoms with Crippen LogP contribution in [0.1, 0.15) is 5.69 Å². The number of carbonyl (C=O) groups is 1. The molecular formula is C16H14N2O4S. The SMILES string of the molecule is CS(=O)(=O)c1ccccc1NC(=O)Cc1noc2ccccc12. The Morgan fingerprint density at radius 1 is 1.13 bits per heavy atom. The predicted molar refractivity (Wildman–Crippen MR) is 85.9 cm³/mol. The van der Waals surface area contributed by atoms with Crippen LogP contribution in [-0.4, -0.2) is 25.7 Å². The number of para-hydroxylation sites is 2. The van der Waals surface area contributed by atoms with E-state index in [1.54, 1.807) is 24.3 Å². The van der Waals surface area contributed by atoms with Gasteiger partial charge >= 0.3 is 0 Å². The van der Waals surface area contributed by atoms with E-state index in [1.807, 2.05) is 18.2 Å². The average molecular weight is 330 g/mol. The lowest BCUT2D eigenvalue weighted by molar-refractivity contribution is -0.115. The standard InChI is InChI=1S/C16H14N2O4S/c1-23(20,21)15-9-5-3-7-12(15)17-16(19)10-13-11-6-2-4-8-14(11)22-18-13/h2-9H,10H2,1H3,(H,17,19). The van der Waals surface area contributed by atoms with Crippen LogP contribution >= 0.6 is 0 Å². The molecule has 0 aliphatic heterocycles. The lowest BCUT2D eigenvalue weighted by Gasteiger charge is -2.08. The van der Waals surface area contributed by atoms with Crippen LogP contribution in [-0.2, 0) is 21.1 Å². The molecule has 23 heavy (non-hydrogen) atoms. The van der Waals surface area contributed by atoms with Gasteiger partial charge in [-0.25, -0.2) is 8.42 Å². The largest absolute Gasteiger partial charge is 0.356 e. The maximum absolute atomic E-state index is 12.2. The van der Waals surface area contributed by atoms with E-state index in [-0.39, 0.29) is 22.9 Å². The number of anilines is 1. The lowest BCUT2D eigenvalue weighted by atomic mass is 10.1. The van der Waals surface area contributed by atoms with Gasteiger partial charge in [-0.2, -0.15) is 0 Å². The highest BCUT2D eigenvalue weighted by molar-refractivity contribution is 7.90. The van der Waals surface area contributed by atoms with Crippen LogP contribution in [0.2, 0.25) is 0 Å². The van der Waals surface area contributed by atoms with Crippen LogP contribution in [0.5, 0.6) is 0 Å². The maximum atomic E-state index is 12.2. The second-order valence-electron chi connectivity index (χ2n) is 5.12. The molecule has 0 bridgehead atoms. The molecule has 1 heterocycles. The van der Waals surface area contributed by atoms with Gasteiger partial charge < -0.3 is 9.84 Å². The molecule has 0 unspecified atom stereocenters. The summed E-state index contributed by atoms with van der Waals surface area (Å²) in [5.74, 6) is -0.361. The number of hydrogen-bond donors (Lipinski definition) is 1. The first kappa shape index (κ1) is 15.2. The van der Waals surface area contributed by atoms with Crippen molar-refractivity contribution in [2.75, 3.05) is 11.6 Å². The molecule has 0 fully saturated rings.